The molecule has 156 valence electrons. The van der Waals surface area contributed by atoms with Crippen LogP contribution in [0.15, 0.2) is 60.0 Å². The Bertz CT molecular complexity index is 1150. The van der Waals surface area contributed by atoms with Crippen molar-refractivity contribution in [1.82, 2.24) is 19.9 Å². The molecule has 4 N–H and O–H groups in total. The van der Waals surface area contributed by atoms with E-state index in [1.54, 1.807) is 24.8 Å². The monoisotopic (exact) mass is 427 g/mol. The molecule has 1 fully saturated rings. The van der Waals surface area contributed by atoms with E-state index in [9.17, 15) is 13.2 Å². The molecular weight excluding hydrogens is 406 g/mol. The van der Waals surface area contributed by atoms with Gasteiger partial charge in [0.05, 0.1) is 16.8 Å². The molecule has 3 aliphatic rings. The summed E-state index contributed by atoms with van der Waals surface area (Å²) in [5, 5.41) is 7.76. The Morgan fingerprint density at radius 2 is 1.97 bits per heavy atom. The zero-order chi connectivity index (χ0) is 21.1. The highest BCUT2D eigenvalue weighted by atomic mass is 32.2. The summed E-state index contributed by atoms with van der Waals surface area (Å²) in [6.45, 7) is 3.00. The van der Waals surface area contributed by atoms with Crippen LogP contribution in [0.2, 0.25) is 0 Å². The summed E-state index contributed by atoms with van der Waals surface area (Å²) in [5.41, 5.74) is 1.35. The Labute approximate surface area is 173 Å². The molecule has 3 aliphatic heterocycles. The molecule has 0 aromatic heterocycles. The average Bonchev–Trinajstić information content (AvgIpc) is 3.21. The van der Waals surface area contributed by atoms with Crippen LogP contribution in [-0.4, -0.2) is 60.4 Å². The molecule has 4 rings (SSSR count). The van der Waals surface area contributed by atoms with Gasteiger partial charge in [-0.3, -0.25) is 4.79 Å². The second-order valence-corrected chi connectivity index (χ2v) is 8.40. The number of hydrogen-bond donors (Lipinski definition) is 3. The van der Waals surface area contributed by atoms with Crippen LogP contribution in [0.1, 0.15) is 0 Å². The molecule has 1 aromatic rings. The van der Waals surface area contributed by atoms with Crippen molar-refractivity contribution in [1.29, 1.82) is 0 Å². The molecule has 1 saturated heterocycles. The number of piperazine rings is 1. The van der Waals surface area contributed by atoms with Crippen molar-refractivity contribution in [3.8, 4) is 11.4 Å². The molecule has 3 heterocycles. The van der Waals surface area contributed by atoms with Gasteiger partial charge in [0.25, 0.3) is 0 Å². The van der Waals surface area contributed by atoms with Gasteiger partial charge in [-0.2, -0.15) is 0 Å². The minimum Gasteiger partial charge on any atom is -0.374 e. The quantitative estimate of drug-likeness (QED) is 0.513. The van der Waals surface area contributed by atoms with E-state index in [4.69, 9.17) is 5.14 Å². The smallest absolute Gasteiger partial charge is 0.249 e. The number of primary sulfonamides is 1. The lowest BCUT2D eigenvalue weighted by molar-refractivity contribution is -0.112. The minimum absolute atomic E-state index is 0.0540. The number of nitrogens with zero attached hydrogens (tertiary/aromatic N) is 4. The maximum Gasteiger partial charge on any atom is 0.249 e. The fourth-order valence-corrected chi connectivity index (χ4v) is 3.86. The number of rotatable bonds is 5. The van der Waals surface area contributed by atoms with E-state index >= 15 is 0 Å². The highest BCUT2D eigenvalue weighted by Crippen LogP contribution is 2.28. The third kappa shape index (κ3) is 4.42. The first-order valence-electron chi connectivity index (χ1n) is 9.29. The second-order valence-electron chi connectivity index (χ2n) is 6.83. The number of nitrogens with two attached hydrogens (primary N) is 1. The number of benzene rings is 1. The van der Waals surface area contributed by atoms with Crippen LogP contribution in [0.3, 0.4) is 0 Å². The number of aromatic amines is 1. The van der Waals surface area contributed by atoms with Crippen molar-refractivity contribution in [2.75, 3.05) is 36.4 Å². The second kappa shape index (κ2) is 8.13. The lowest BCUT2D eigenvalue weighted by Crippen LogP contribution is -2.44. The fraction of sp³-hybridized carbons (Fsp3) is 0.211. The number of amides is 1. The molecule has 11 heteroatoms. The van der Waals surface area contributed by atoms with E-state index in [2.05, 4.69) is 25.2 Å². The normalized spacial score (nSPS) is 15.1. The third-order valence-electron chi connectivity index (χ3n) is 4.81. The topological polar surface area (TPSA) is 137 Å². The zero-order valence-electron chi connectivity index (χ0n) is 16.0. The minimum atomic E-state index is -3.82. The fourth-order valence-electron chi connectivity index (χ4n) is 3.30. The van der Waals surface area contributed by atoms with Crippen LogP contribution in [0.5, 0.6) is 0 Å². The van der Waals surface area contributed by atoms with Crippen LogP contribution < -0.4 is 15.4 Å². The maximum absolute atomic E-state index is 12.2. The molecule has 30 heavy (non-hydrogen) atoms. The number of hydrogen-bond acceptors (Lipinski definition) is 7. The Hall–Kier alpha value is -3.44. The van der Waals surface area contributed by atoms with Crippen LogP contribution in [-0.2, 0) is 14.8 Å². The number of H-pyrrole nitrogens is 1. The Morgan fingerprint density at radius 1 is 1.17 bits per heavy atom. The first kappa shape index (κ1) is 19.9. The lowest BCUT2D eigenvalue weighted by atomic mass is 10.2. The molecular formula is C19H21N7O3S. The van der Waals surface area contributed by atoms with Gasteiger partial charge >= 0.3 is 0 Å². The molecule has 0 aliphatic carbocycles. The van der Waals surface area contributed by atoms with Crippen molar-refractivity contribution in [3.63, 3.8) is 0 Å². The van der Waals surface area contributed by atoms with Gasteiger partial charge in [-0.1, -0.05) is 6.07 Å². The molecule has 0 atom stereocenters. The predicted octanol–water partition coefficient (Wildman–Crippen LogP) is 0.831. The van der Waals surface area contributed by atoms with E-state index in [1.165, 1.54) is 24.3 Å². The molecule has 10 nitrogen and oxygen atoms in total. The first-order valence-corrected chi connectivity index (χ1v) is 10.8. The molecule has 0 radical (unpaired) electrons. The van der Waals surface area contributed by atoms with Crippen LogP contribution in [0.4, 0.5) is 11.5 Å². The van der Waals surface area contributed by atoms with Gasteiger partial charge in [0.2, 0.25) is 15.9 Å². The molecule has 0 unspecified atom stereocenters. The number of carbonyl (C=O) groups is 1. The van der Waals surface area contributed by atoms with Gasteiger partial charge in [-0.25, -0.2) is 23.5 Å². The van der Waals surface area contributed by atoms with Crippen LogP contribution in [0, 0.1) is 0 Å². The van der Waals surface area contributed by atoms with E-state index in [0.29, 0.717) is 5.69 Å². The Morgan fingerprint density at radius 3 is 2.73 bits per heavy atom. The SMILES string of the molecule is NS(=O)(=O)c1cccc(NC(=O)C=CN2CCN(c3nc[nH]c4nccc3-4)CC2)c1. The summed E-state index contributed by atoms with van der Waals surface area (Å²) >= 11 is 0. The van der Waals surface area contributed by atoms with E-state index in [-0.39, 0.29) is 10.8 Å². The summed E-state index contributed by atoms with van der Waals surface area (Å²) in [6.07, 6.45) is 6.56. The van der Waals surface area contributed by atoms with Gasteiger partial charge in [-0.05, 0) is 24.3 Å². The molecule has 0 saturated carbocycles. The van der Waals surface area contributed by atoms with Crippen molar-refractivity contribution in [3.05, 3.63) is 55.1 Å². The van der Waals surface area contributed by atoms with Gasteiger partial charge in [0, 0.05) is 50.3 Å². The summed E-state index contributed by atoms with van der Waals surface area (Å²) in [4.78, 5) is 28.1. The van der Waals surface area contributed by atoms with Gasteiger partial charge in [-0.15, -0.1) is 0 Å². The third-order valence-corrected chi connectivity index (χ3v) is 5.72. The zero-order valence-corrected chi connectivity index (χ0v) is 16.8. The van der Waals surface area contributed by atoms with Crippen molar-refractivity contribution >= 4 is 27.4 Å². The van der Waals surface area contributed by atoms with Crippen LogP contribution in [0.25, 0.3) is 11.4 Å². The summed E-state index contributed by atoms with van der Waals surface area (Å²) in [7, 11) is -3.82. The summed E-state index contributed by atoms with van der Waals surface area (Å²) in [6, 6.07) is 7.76. The Kier molecular flexibility index (Phi) is 5.38. The van der Waals surface area contributed by atoms with Gasteiger partial charge in [0.1, 0.15) is 11.6 Å². The molecule has 1 amide bonds. The summed E-state index contributed by atoms with van der Waals surface area (Å²) < 4.78 is 22.8. The number of anilines is 2. The largest absolute Gasteiger partial charge is 0.374 e. The van der Waals surface area contributed by atoms with Crippen molar-refractivity contribution < 1.29 is 13.2 Å². The highest BCUT2D eigenvalue weighted by Gasteiger charge is 2.21. The molecule has 0 bridgehead atoms. The number of nitrogens with one attached hydrogen (secondary N) is 2. The first-order chi connectivity index (χ1) is 14.4. The van der Waals surface area contributed by atoms with E-state index < -0.39 is 10.0 Å². The summed E-state index contributed by atoms with van der Waals surface area (Å²) in [5.74, 6) is 1.36. The van der Waals surface area contributed by atoms with Crippen molar-refractivity contribution in [2.24, 2.45) is 5.14 Å². The Balaban J connectivity index is 1.33. The number of carbonyl (C=O) groups excluding carboxylic acids is 1. The van der Waals surface area contributed by atoms with Crippen LogP contribution >= 0.6 is 0 Å². The predicted molar refractivity (Wildman–Crippen MR) is 112 cm³/mol. The van der Waals surface area contributed by atoms with E-state index in [1.807, 2.05) is 11.0 Å². The van der Waals surface area contributed by atoms with Gasteiger partial charge in [0.15, 0.2) is 0 Å². The van der Waals surface area contributed by atoms with E-state index in [0.717, 1.165) is 43.4 Å². The number of aromatic nitrogens is 3. The standard InChI is InChI=1S/C19H21N7O3S/c20-30(28,29)15-3-1-2-14(12-15)24-17(27)5-7-25-8-10-26(11-9-25)19-16-4-6-21-18(16)22-13-23-19/h1-7,12-13H,8-11H2,(H,24,27)(H2,20,28,29)(H,21,22,23). The number of fused-ring (bicyclic) bond motifs is 1. The number of sulfonamides is 1. The average molecular weight is 427 g/mol. The molecule has 1 aromatic carbocycles. The lowest BCUT2D eigenvalue weighted by Gasteiger charge is -2.35. The van der Waals surface area contributed by atoms with Crippen molar-refractivity contribution in [2.45, 2.75) is 4.90 Å². The highest BCUT2D eigenvalue weighted by molar-refractivity contribution is 7.89. The maximum atomic E-state index is 12.2. The van der Waals surface area contributed by atoms with Gasteiger partial charge < -0.3 is 20.1 Å². The molecule has 0 spiro atoms.